The fourth-order valence-electron chi connectivity index (χ4n) is 2.56. The Bertz CT molecular complexity index is 190. The van der Waals surface area contributed by atoms with Crippen LogP contribution in [-0.4, -0.2) is 0 Å². The molecule has 0 fully saturated rings. The molecule has 0 aromatic carbocycles. The maximum Gasteiger partial charge on any atom is -0.0323 e. The molecule has 0 rings (SSSR count). The summed E-state index contributed by atoms with van der Waals surface area (Å²) in [5.41, 5.74) is 1.63. The average molecular weight is 267 g/mol. The van der Waals surface area contributed by atoms with Crippen LogP contribution >= 0.6 is 0 Å². The van der Waals surface area contributed by atoms with Gasteiger partial charge in [-0.15, -0.1) is 0 Å². The normalized spacial score (nSPS) is 12.1. The molecule has 0 aromatic heterocycles. The first kappa shape index (κ1) is 18.7. The molecule has 19 heavy (non-hydrogen) atoms. The molecule has 0 N–H and O–H groups in total. The average Bonchev–Trinajstić information content (AvgIpc) is 2.41. The van der Waals surface area contributed by atoms with E-state index >= 15 is 0 Å². The first-order valence-corrected chi connectivity index (χ1v) is 8.96. The van der Waals surface area contributed by atoms with Crippen LogP contribution in [0.1, 0.15) is 111 Å². The van der Waals surface area contributed by atoms with Crippen molar-refractivity contribution in [3.63, 3.8) is 0 Å². The minimum Gasteiger partial charge on any atom is -0.0856 e. The van der Waals surface area contributed by atoms with Gasteiger partial charge in [0.1, 0.15) is 0 Å². The molecular formula is C19H38. The highest BCUT2D eigenvalue weighted by atomic mass is 14.0. The Morgan fingerprint density at radius 2 is 1.11 bits per heavy atom. The Balaban J connectivity index is 3.25. The molecule has 114 valence electrons. The fourth-order valence-corrected chi connectivity index (χ4v) is 2.56. The quantitative estimate of drug-likeness (QED) is 0.226. The van der Waals surface area contributed by atoms with E-state index in [1.54, 1.807) is 5.57 Å². The molecule has 0 heteroatoms. The van der Waals surface area contributed by atoms with Crippen LogP contribution in [0.5, 0.6) is 0 Å². The van der Waals surface area contributed by atoms with Crippen molar-refractivity contribution in [1.29, 1.82) is 0 Å². The van der Waals surface area contributed by atoms with Gasteiger partial charge in [-0.25, -0.2) is 0 Å². The number of rotatable bonds is 14. The first-order valence-electron chi connectivity index (χ1n) is 8.96. The number of unbranched alkanes of at least 4 members (excludes halogenated alkanes) is 11. The van der Waals surface area contributed by atoms with Crippen LogP contribution in [0.4, 0.5) is 0 Å². The van der Waals surface area contributed by atoms with Crippen LogP contribution in [0.3, 0.4) is 0 Å². The van der Waals surface area contributed by atoms with Gasteiger partial charge < -0.3 is 0 Å². The monoisotopic (exact) mass is 266 g/mol. The molecule has 0 aliphatic rings. The van der Waals surface area contributed by atoms with Crippen molar-refractivity contribution in [1.82, 2.24) is 0 Å². The zero-order valence-corrected chi connectivity index (χ0v) is 14.0. The van der Waals surface area contributed by atoms with Crippen molar-refractivity contribution < 1.29 is 0 Å². The van der Waals surface area contributed by atoms with Gasteiger partial charge in [0.2, 0.25) is 0 Å². The smallest absolute Gasteiger partial charge is 0.0323 e. The van der Waals surface area contributed by atoms with E-state index in [0.717, 1.165) is 0 Å². The van der Waals surface area contributed by atoms with Gasteiger partial charge in [0, 0.05) is 0 Å². The summed E-state index contributed by atoms with van der Waals surface area (Å²) >= 11 is 0. The lowest BCUT2D eigenvalue weighted by Crippen LogP contribution is -1.83. The minimum atomic E-state index is 1.31. The Hall–Kier alpha value is -0.260. The van der Waals surface area contributed by atoms with E-state index in [9.17, 15) is 0 Å². The Kier molecular flexibility index (Phi) is 15.6. The third-order valence-electron chi connectivity index (χ3n) is 3.98. The molecule has 0 saturated carbocycles. The third-order valence-corrected chi connectivity index (χ3v) is 3.98. The highest BCUT2D eigenvalue weighted by Crippen LogP contribution is 2.13. The van der Waals surface area contributed by atoms with E-state index in [1.165, 1.54) is 89.9 Å². The molecule has 0 heterocycles. The topological polar surface area (TPSA) is 0 Å². The lowest BCUT2D eigenvalue weighted by atomic mass is 10.0. The third kappa shape index (κ3) is 15.7. The van der Waals surface area contributed by atoms with Crippen LogP contribution in [0.2, 0.25) is 0 Å². The van der Waals surface area contributed by atoms with E-state index in [4.69, 9.17) is 0 Å². The molecule has 0 saturated heterocycles. The molecule has 0 amide bonds. The second kappa shape index (κ2) is 15.8. The maximum atomic E-state index is 2.49. The van der Waals surface area contributed by atoms with Crippen molar-refractivity contribution in [3.8, 4) is 0 Å². The number of hydrogen-bond donors (Lipinski definition) is 0. The van der Waals surface area contributed by atoms with Crippen molar-refractivity contribution in [2.75, 3.05) is 0 Å². The number of allylic oxidation sites excluding steroid dienone is 2. The summed E-state index contributed by atoms with van der Waals surface area (Å²) in [6.07, 6.45) is 22.1. The molecular weight excluding hydrogens is 228 g/mol. The Morgan fingerprint density at radius 3 is 1.68 bits per heavy atom. The second-order valence-electron chi connectivity index (χ2n) is 6.12. The van der Waals surface area contributed by atoms with Crippen LogP contribution < -0.4 is 0 Å². The van der Waals surface area contributed by atoms with Crippen LogP contribution in [0, 0.1) is 0 Å². The summed E-state index contributed by atoms with van der Waals surface area (Å²) in [6.45, 7) is 6.90. The van der Waals surface area contributed by atoms with Crippen molar-refractivity contribution >= 4 is 0 Å². The molecule has 0 aliphatic carbocycles. The van der Waals surface area contributed by atoms with Gasteiger partial charge in [-0.1, -0.05) is 89.7 Å². The summed E-state index contributed by atoms with van der Waals surface area (Å²) in [6, 6.07) is 0. The summed E-state index contributed by atoms with van der Waals surface area (Å²) < 4.78 is 0. The van der Waals surface area contributed by atoms with Crippen LogP contribution in [0.25, 0.3) is 0 Å². The van der Waals surface area contributed by atoms with Gasteiger partial charge in [-0.05, 0) is 32.6 Å². The molecule has 0 aromatic rings. The Morgan fingerprint density at radius 1 is 0.632 bits per heavy atom. The number of hydrogen-bond acceptors (Lipinski definition) is 0. The van der Waals surface area contributed by atoms with Crippen LogP contribution in [0.15, 0.2) is 11.6 Å². The van der Waals surface area contributed by atoms with Crippen molar-refractivity contribution in [3.05, 3.63) is 11.6 Å². The predicted octanol–water partition coefficient (Wildman–Crippen LogP) is 7.43. The highest BCUT2D eigenvalue weighted by Gasteiger charge is 1.93. The van der Waals surface area contributed by atoms with Gasteiger partial charge in [0.25, 0.3) is 0 Å². The molecule has 0 atom stereocenters. The zero-order chi connectivity index (χ0) is 14.2. The first-order chi connectivity index (χ1) is 9.31. The van der Waals surface area contributed by atoms with Crippen LogP contribution in [-0.2, 0) is 0 Å². The van der Waals surface area contributed by atoms with Gasteiger partial charge in [0.15, 0.2) is 0 Å². The zero-order valence-electron chi connectivity index (χ0n) is 14.0. The summed E-state index contributed by atoms with van der Waals surface area (Å²) in [5, 5.41) is 0. The van der Waals surface area contributed by atoms with Gasteiger partial charge >= 0.3 is 0 Å². The minimum absolute atomic E-state index is 1.31. The van der Waals surface area contributed by atoms with Crippen molar-refractivity contribution in [2.24, 2.45) is 0 Å². The van der Waals surface area contributed by atoms with E-state index in [0.29, 0.717) is 0 Å². The Labute approximate surface area is 123 Å². The van der Waals surface area contributed by atoms with E-state index in [2.05, 4.69) is 26.8 Å². The molecule has 0 nitrogen and oxygen atoms in total. The maximum absolute atomic E-state index is 2.49. The molecule has 0 bridgehead atoms. The molecule has 0 spiro atoms. The summed E-state index contributed by atoms with van der Waals surface area (Å²) in [4.78, 5) is 0. The second-order valence-corrected chi connectivity index (χ2v) is 6.12. The predicted molar refractivity (Wildman–Crippen MR) is 89.7 cm³/mol. The van der Waals surface area contributed by atoms with Gasteiger partial charge in [-0.2, -0.15) is 0 Å². The van der Waals surface area contributed by atoms with Crippen molar-refractivity contribution in [2.45, 2.75) is 111 Å². The highest BCUT2D eigenvalue weighted by molar-refractivity contribution is 4.97. The summed E-state index contributed by atoms with van der Waals surface area (Å²) in [5.74, 6) is 0. The molecule has 0 radical (unpaired) electrons. The largest absolute Gasteiger partial charge is 0.0856 e. The van der Waals surface area contributed by atoms with Gasteiger partial charge in [-0.3, -0.25) is 0 Å². The van der Waals surface area contributed by atoms with E-state index in [-0.39, 0.29) is 0 Å². The van der Waals surface area contributed by atoms with Gasteiger partial charge in [0.05, 0.1) is 0 Å². The van der Waals surface area contributed by atoms with E-state index < -0.39 is 0 Å². The fraction of sp³-hybridized carbons (Fsp3) is 0.895. The van der Waals surface area contributed by atoms with E-state index in [1.807, 2.05) is 0 Å². The molecule has 0 aliphatic heterocycles. The molecule has 0 unspecified atom stereocenters. The SMILES string of the molecule is CCCCCCCCC=C(C)CCCCCCCC. The summed E-state index contributed by atoms with van der Waals surface area (Å²) in [7, 11) is 0. The lowest BCUT2D eigenvalue weighted by molar-refractivity contribution is 0.602. The lowest BCUT2D eigenvalue weighted by Gasteiger charge is -2.03. The standard InChI is InChI=1S/C19H38/c1-4-6-8-10-12-14-16-18-19(3)17-15-13-11-9-7-5-2/h18H,4-17H2,1-3H3.